The minimum Gasteiger partial charge on any atom is -0.486 e. The lowest BCUT2D eigenvalue weighted by atomic mass is 10.0. The van der Waals surface area contributed by atoms with E-state index in [9.17, 15) is 0 Å². The van der Waals surface area contributed by atoms with Crippen LogP contribution in [0.25, 0.3) is 0 Å². The van der Waals surface area contributed by atoms with Gasteiger partial charge in [-0.15, -0.1) is 0 Å². The Labute approximate surface area is 170 Å². The lowest BCUT2D eigenvalue weighted by Crippen LogP contribution is -2.29. The minimum absolute atomic E-state index is 0.197. The van der Waals surface area contributed by atoms with Gasteiger partial charge in [0.25, 0.3) is 0 Å². The van der Waals surface area contributed by atoms with Gasteiger partial charge in [-0.2, -0.15) is 0 Å². The number of aryl methyl sites for hydroxylation is 1. The van der Waals surface area contributed by atoms with Crippen molar-refractivity contribution in [3.63, 3.8) is 0 Å². The highest BCUT2D eigenvalue weighted by Gasteiger charge is 2.27. The maximum atomic E-state index is 6.15. The normalized spacial score (nSPS) is 19.1. The van der Waals surface area contributed by atoms with Crippen LogP contribution in [0.5, 0.6) is 11.5 Å². The lowest BCUT2D eigenvalue weighted by molar-refractivity contribution is 0.170. The Bertz CT molecular complexity index is 967. The summed E-state index contributed by atoms with van der Waals surface area (Å²) in [6.07, 6.45) is 3.31. The number of benzene rings is 2. The monoisotopic (exact) mass is 394 g/mol. The highest BCUT2D eigenvalue weighted by Crippen LogP contribution is 2.35. The summed E-state index contributed by atoms with van der Waals surface area (Å²) >= 11 is 6.15. The van der Waals surface area contributed by atoms with Gasteiger partial charge in [-0.3, -0.25) is 4.90 Å². The number of fused-ring (bicyclic) bond motifs is 2. The predicted molar refractivity (Wildman–Crippen MR) is 110 cm³/mol. The Balaban J connectivity index is 1.50. The molecule has 0 bridgehead atoms. The van der Waals surface area contributed by atoms with E-state index in [1.165, 1.54) is 16.8 Å². The Kier molecular flexibility index (Phi) is 4.75. The number of nitrogens with zero attached hydrogens (tertiary/aromatic N) is 2. The van der Waals surface area contributed by atoms with Gasteiger partial charge < -0.3 is 14.0 Å². The maximum Gasteiger partial charge on any atom is 0.161 e. The summed E-state index contributed by atoms with van der Waals surface area (Å²) in [6.45, 7) is 4.16. The van der Waals surface area contributed by atoms with E-state index in [1.807, 2.05) is 18.2 Å². The van der Waals surface area contributed by atoms with E-state index in [0.29, 0.717) is 13.2 Å². The Morgan fingerprint density at radius 1 is 0.929 bits per heavy atom. The summed E-state index contributed by atoms with van der Waals surface area (Å²) in [6, 6.07) is 19.1. The summed E-state index contributed by atoms with van der Waals surface area (Å²) in [5, 5.41) is 0.770. The predicted octanol–water partition coefficient (Wildman–Crippen LogP) is 4.91. The van der Waals surface area contributed by atoms with Gasteiger partial charge in [-0.1, -0.05) is 29.8 Å². The number of halogens is 1. The third-order valence-electron chi connectivity index (χ3n) is 5.53. The molecule has 1 aromatic heterocycles. The van der Waals surface area contributed by atoms with Crippen molar-refractivity contribution in [1.82, 2.24) is 9.47 Å². The first-order chi connectivity index (χ1) is 13.8. The molecule has 2 aliphatic heterocycles. The second-order valence-corrected chi connectivity index (χ2v) is 7.82. The second-order valence-electron chi connectivity index (χ2n) is 7.38. The van der Waals surface area contributed by atoms with Crippen LogP contribution in [0.1, 0.15) is 29.3 Å². The van der Waals surface area contributed by atoms with Gasteiger partial charge in [0.1, 0.15) is 13.2 Å². The summed E-state index contributed by atoms with van der Waals surface area (Å²) in [4.78, 5) is 2.55. The van der Waals surface area contributed by atoms with Crippen molar-refractivity contribution in [2.45, 2.75) is 25.6 Å². The Morgan fingerprint density at radius 3 is 2.61 bits per heavy atom. The smallest absolute Gasteiger partial charge is 0.161 e. The van der Waals surface area contributed by atoms with Crippen LogP contribution in [0.4, 0.5) is 0 Å². The molecule has 28 heavy (non-hydrogen) atoms. The quantitative estimate of drug-likeness (QED) is 0.631. The van der Waals surface area contributed by atoms with Crippen LogP contribution in [0.3, 0.4) is 0 Å². The maximum absolute atomic E-state index is 6.15. The van der Waals surface area contributed by atoms with E-state index < -0.39 is 0 Å². The van der Waals surface area contributed by atoms with E-state index in [0.717, 1.165) is 42.6 Å². The average Bonchev–Trinajstić information content (AvgIpc) is 3.11. The zero-order valence-corrected chi connectivity index (χ0v) is 16.4. The lowest BCUT2D eigenvalue weighted by Gasteiger charge is -2.31. The highest BCUT2D eigenvalue weighted by atomic mass is 35.5. The van der Waals surface area contributed by atoms with Gasteiger partial charge in [0.15, 0.2) is 11.5 Å². The number of aromatic nitrogens is 1. The number of hydrogen-bond donors (Lipinski definition) is 0. The number of ether oxygens (including phenoxy) is 2. The number of rotatable bonds is 3. The zero-order valence-electron chi connectivity index (χ0n) is 15.7. The fourth-order valence-electron chi connectivity index (χ4n) is 4.26. The molecule has 3 heterocycles. The van der Waals surface area contributed by atoms with Gasteiger partial charge in [0.05, 0.1) is 6.04 Å². The van der Waals surface area contributed by atoms with Crippen molar-refractivity contribution in [1.29, 1.82) is 0 Å². The van der Waals surface area contributed by atoms with E-state index in [1.54, 1.807) is 0 Å². The van der Waals surface area contributed by atoms with Crippen LogP contribution < -0.4 is 9.47 Å². The molecular formula is C23H23ClN2O2. The van der Waals surface area contributed by atoms with Crippen LogP contribution in [-0.2, 0) is 13.1 Å². The molecule has 144 valence electrons. The second kappa shape index (κ2) is 7.53. The van der Waals surface area contributed by atoms with Gasteiger partial charge in [0, 0.05) is 36.5 Å². The molecule has 0 amide bonds. The molecule has 0 radical (unpaired) electrons. The largest absolute Gasteiger partial charge is 0.486 e. The third-order valence-corrected chi connectivity index (χ3v) is 5.78. The molecule has 0 spiro atoms. The van der Waals surface area contributed by atoms with Crippen molar-refractivity contribution in [3.8, 4) is 11.5 Å². The van der Waals surface area contributed by atoms with Crippen molar-refractivity contribution >= 4 is 11.6 Å². The summed E-state index contributed by atoms with van der Waals surface area (Å²) in [5.41, 5.74) is 3.84. The summed E-state index contributed by atoms with van der Waals surface area (Å²) < 4.78 is 13.8. The third kappa shape index (κ3) is 3.38. The van der Waals surface area contributed by atoms with Gasteiger partial charge in [-0.25, -0.2) is 0 Å². The fraction of sp³-hybridized carbons (Fsp3) is 0.304. The first kappa shape index (κ1) is 17.7. The van der Waals surface area contributed by atoms with E-state index in [-0.39, 0.29) is 6.04 Å². The molecule has 2 aromatic carbocycles. The van der Waals surface area contributed by atoms with Crippen molar-refractivity contribution < 1.29 is 9.47 Å². The first-order valence-electron chi connectivity index (χ1n) is 9.81. The summed E-state index contributed by atoms with van der Waals surface area (Å²) in [7, 11) is 0. The van der Waals surface area contributed by atoms with E-state index in [4.69, 9.17) is 21.1 Å². The average molecular weight is 395 g/mol. The summed E-state index contributed by atoms with van der Waals surface area (Å²) in [5.74, 6) is 1.69. The molecule has 0 unspecified atom stereocenters. The van der Waals surface area contributed by atoms with Crippen LogP contribution in [0, 0.1) is 0 Å². The molecule has 0 aliphatic carbocycles. The van der Waals surface area contributed by atoms with Crippen LogP contribution >= 0.6 is 11.6 Å². The highest BCUT2D eigenvalue weighted by molar-refractivity contribution is 6.30. The van der Waals surface area contributed by atoms with Crippen LogP contribution in [0.2, 0.25) is 5.02 Å². The molecule has 1 atom stereocenters. The molecule has 4 nitrogen and oxygen atoms in total. The molecule has 0 saturated carbocycles. The molecule has 0 saturated heterocycles. The molecule has 0 fully saturated rings. The zero-order chi connectivity index (χ0) is 18.9. The minimum atomic E-state index is 0.197. The molecule has 2 aliphatic rings. The first-order valence-corrected chi connectivity index (χ1v) is 10.2. The van der Waals surface area contributed by atoms with Crippen molar-refractivity contribution in [2.75, 3.05) is 19.8 Å². The van der Waals surface area contributed by atoms with E-state index in [2.05, 4.69) is 52.1 Å². The van der Waals surface area contributed by atoms with Gasteiger partial charge >= 0.3 is 0 Å². The molecule has 3 aromatic rings. The molecule has 5 heteroatoms. The van der Waals surface area contributed by atoms with E-state index >= 15 is 0 Å². The van der Waals surface area contributed by atoms with Gasteiger partial charge in [0.2, 0.25) is 0 Å². The Morgan fingerprint density at radius 2 is 1.75 bits per heavy atom. The SMILES string of the molecule is Clc1ccc([C@@H]2c3cccn3CCCN2Cc2ccc3c(c2)OCCO3)cc1. The standard InChI is InChI=1S/C23H23ClN2O2/c24-19-7-5-18(6-8-19)23-20-3-1-10-25(20)11-2-12-26(23)16-17-4-9-21-22(15-17)28-14-13-27-21/h1,3-10,15,23H,2,11-14,16H2/t23-/m1/s1. The number of hydrogen-bond acceptors (Lipinski definition) is 3. The molecule has 0 N–H and O–H groups in total. The fourth-order valence-corrected chi connectivity index (χ4v) is 4.38. The van der Waals surface area contributed by atoms with Crippen LogP contribution in [-0.4, -0.2) is 29.2 Å². The topological polar surface area (TPSA) is 26.6 Å². The van der Waals surface area contributed by atoms with Gasteiger partial charge in [-0.05, 0) is 53.9 Å². The molecular weight excluding hydrogens is 372 g/mol. The molecule has 5 rings (SSSR count). The van der Waals surface area contributed by atoms with Crippen molar-refractivity contribution in [3.05, 3.63) is 82.6 Å². The Hall–Kier alpha value is -2.43. The van der Waals surface area contributed by atoms with Crippen molar-refractivity contribution in [2.24, 2.45) is 0 Å². The van der Waals surface area contributed by atoms with Crippen LogP contribution in [0.15, 0.2) is 60.8 Å².